The number of aromatic nitrogens is 1. The average Bonchev–Trinajstić information content (AvgIpc) is 2.61. The molecule has 0 radical (unpaired) electrons. The zero-order valence-electron chi connectivity index (χ0n) is 8.97. The minimum Gasteiger partial charge on any atom is -0.319 e. The molecule has 2 nitrogen and oxygen atoms in total. The van der Waals surface area contributed by atoms with Crippen molar-refractivity contribution in [3.63, 3.8) is 0 Å². The predicted octanol–water partition coefficient (Wildman–Crippen LogP) is 2.34. The lowest BCUT2D eigenvalue weighted by molar-refractivity contribution is 0.657. The molecule has 3 heteroatoms. The van der Waals surface area contributed by atoms with E-state index in [0.29, 0.717) is 5.92 Å². The topological polar surface area (TPSA) is 24.9 Å². The van der Waals surface area contributed by atoms with E-state index in [1.54, 1.807) is 4.88 Å². The van der Waals surface area contributed by atoms with Crippen LogP contribution in [-0.2, 0) is 12.8 Å². The normalized spacial score (nSPS) is 17.9. The monoisotopic (exact) mass is 210 g/mol. The fourth-order valence-electron chi connectivity index (χ4n) is 1.98. The van der Waals surface area contributed by atoms with Crippen molar-refractivity contribution in [1.29, 1.82) is 0 Å². The van der Waals surface area contributed by atoms with Crippen molar-refractivity contribution in [3.05, 3.63) is 15.6 Å². The Balaban J connectivity index is 2.15. The third-order valence-corrected chi connectivity index (χ3v) is 4.18. The molecule has 78 valence electrons. The summed E-state index contributed by atoms with van der Waals surface area (Å²) in [6, 6.07) is 0. The van der Waals surface area contributed by atoms with Crippen LogP contribution in [0.1, 0.15) is 41.3 Å². The molecule has 2 rings (SSSR count). The summed E-state index contributed by atoms with van der Waals surface area (Å²) in [4.78, 5) is 6.30. The van der Waals surface area contributed by atoms with Gasteiger partial charge in [-0.2, -0.15) is 0 Å². The first-order chi connectivity index (χ1) is 6.81. The summed E-state index contributed by atoms with van der Waals surface area (Å²) in [5.74, 6) is 0.565. The Morgan fingerprint density at radius 3 is 2.93 bits per heavy atom. The molecule has 1 aromatic heterocycles. The van der Waals surface area contributed by atoms with Gasteiger partial charge in [-0.1, -0.05) is 6.92 Å². The molecule has 0 fully saturated rings. The molecule has 0 saturated heterocycles. The first-order valence-corrected chi connectivity index (χ1v) is 6.26. The fourth-order valence-corrected chi connectivity index (χ4v) is 3.18. The summed E-state index contributed by atoms with van der Waals surface area (Å²) in [5, 5.41) is 4.54. The Hall–Kier alpha value is -0.410. The molecule has 14 heavy (non-hydrogen) atoms. The van der Waals surface area contributed by atoms with Crippen LogP contribution >= 0.6 is 11.3 Å². The van der Waals surface area contributed by atoms with Crippen molar-refractivity contribution in [1.82, 2.24) is 10.3 Å². The number of rotatable bonds is 3. The molecule has 0 saturated carbocycles. The van der Waals surface area contributed by atoms with Crippen LogP contribution < -0.4 is 5.32 Å². The van der Waals surface area contributed by atoms with Gasteiger partial charge < -0.3 is 5.32 Å². The summed E-state index contributed by atoms with van der Waals surface area (Å²) in [6.45, 7) is 3.28. The molecule has 1 atom stereocenters. The smallest absolute Gasteiger partial charge is 0.0971 e. The van der Waals surface area contributed by atoms with Crippen molar-refractivity contribution in [2.75, 3.05) is 13.6 Å². The largest absolute Gasteiger partial charge is 0.319 e. The third kappa shape index (κ3) is 1.98. The molecular formula is C11H18N2S. The molecule has 1 unspecified atom stereocenters. The first kappa shape index (κ1) is 10.1. The molecule has 0 spiro atoms. The highest BCUT2D eigenvalue weighted by molar-refractivity contribution is 7.11. The summed E-state index contributed by atoms with van der Waals surface area (Å²) < 4.78 is 0. The van der Waals surface area contributed by atoms with Gasteiger partial charge in [-0.3, -0.25) is 0 Å². The molecule has 0 bridgehead atoms. The van der Waals surface area contributed by atoms with Crippen LogP contribution in [0.25, 0.3) is 0 Å². The SMILES string of the molecule is CNCC(C)c1nc2c(s1)CCCC2. The molecule has 1 aliphatic rings. The molecule has 0 aliphatic heterocycles. The van der Waals surface area contributed by atoms with Crippen molar-refractivity contribution >= 4 is 11.3 Å². The van der Waals surface area contributed by atoms with E-state index in [1.165, 1.54) is 36.4 Å². The molecule has 1 aliphatic carbocycles. The van der Waals surface area contributed by atoms with Gasteiger partial charge in [0.15, 0.2) is 0 Å². The zero-order valence-corrected chi connectivity index (χ0v) is 9.78. The van der Waals surface area contributed by atoms with Crippen molar-refractivity contribution in [3.8, 4) is 0 Å². The number of fused-ring (bicyclic) bond motifs is 1. The van der Waals surface area contributed by atoms with E-state index in [9.17, 15) is 0 Å². The second-order valence-corrected chi connectivity index (χ2v) is 5.20. The van der Waals surface area contributed by atoms with E-state index in [-0.39, 0.29) is 0 Å². The van der Waals surface area contributed by atoms with Crippen LogP contribution in [0.3, 0.4) is 0 Å². The highest BCUT2D eigenvalue weighted by Gasteiger charge is 2.17. The lowest BCUT2D eigenvalue weighted by atomic mass is 10.0. The van der Waals surface area contributed by atoms with Gasteiger partial charge in [0.25, 0.3) is 0 Å². The molecule has 1 aromatic rings. The van der Waals surface area contributed by atoms with Crippen molar-refractivity contribution < 1.29 is 0 Å². The third-order valence-electron chi connectivity index (χ3n) is 2.79. The number of hydrogen-bond donors (Lipinski definition) is 1. The Morgan fingerprint density at radius 2 is 2.21 bits per heavy atom. The van der Waals surface area contributed by atoms with E-state index in [4.69, 9.17) is 4.98 Å². The second kappa shape index (κ2) is 4.41. The summed E-state index contributed by atoms with van der Waals surface area (Å²) >= 11 is 1.93. The minimum absolute atomic E-state index is 0.565. The van der Waals surface area contributed by atoms with Crippen LogP contribution in [0.5, 0.6) is 0 Å². The second-order valence-electron chi connectivity index (χ2n) is 4.09. The van der Waals surface area contributed by atoms with Crippen LogP contribution in [0.4, 0.5) is 0 Å². The summed E-state index contributed by atoms with van der Waals surface area (Å²) in [7, 11) is 2.00. The standard InChI is InChI=1S/C11H18N2S/c1-8(7-12-2)11-13-9-5-3-4-6-10(9)14-11/h8,12H,3-7H2,1-2H3. The number of hydrogen-bond acceptors (Lipinski definition) is 3. The maximum Gasteiger partial charge on any atom is 0.0971 e. The molecule has 0 amide bonds. The number of nitrogens with one attached hydrogen (secondary N) is 1. The Bertz CT molecular complexity index is 283. The van der Waals surface area contributed by atoms with E-state index < -0.39 is 0 Å². The van der Waals surface area contributed by atoms with Gasteiger partial charge in [0, 0.05) is 17.3 Å². The summed E-state index contributed by atoms with van der Waals surface area (Å²) in [5.41, 5.74) is 1.39. The predicted molar refractivity (Wildman–Crippen MR) is 61.1 cm³/mol. The molecule has 1 heterocycles. The number of nitrogens with zero attached hydrogens (tertiary/aromatic N) is 1. The number of aryl methyl sites for hydroxylation is 2. The molecular weight excluding hydrogens is 192 g/mol. The van der Waals surface area contributed by atoms with E-state index in [1.807, 2.05) is 18.4 Å². The highest BCUT2D eigenvalue weighted by Crippen LogP contribution is 2.30. The first-order valence-electron chi connectivity index (χ1n) is 5.44. The van der Waals surface area contributed by atoms with Gasteiger partial charge >= 0.3 is 0 Å². The Labute approximate surface area is 89.8 Å². The van der Waals surface area contributed by atoms with Gasteiger partial charge in [0.05, 0.1) is 10.7 Å². The van der Waals surface area contributed by atoms with E-state index in [0.717, 1.165) is 6.54 Å². The van der Waals surface area contributed by atoms with Crippen LogP contribution in [0.15, 0.2) is 0 Å². The number of thiazole rings is 1. The highest BCUT2D eigenvalue weighted by atomic mass is 32.1. The lowest BCUT2D eigenvalue weighted by Crippen LogP contribution is -2.14. The maximum atomic E-state index is 4.75. The van der Waals surface area contributed by atoms with Gasteiger partial charge in [-0.05, 0) is 32.7 Å². The van der Waals surface area contributed by atoms with Crippen molar-refractivity contribution in [2.24, 2.45) is 0 Å². The van der Waals surface area contributed by atoms with E-state index in [2.05, 4.69) is 12.2 Å². The maximum absolute atomic E-state index is 4.75. The molecule has 1 N–H and O–H groups in total. The minimum atomic E-state index is 0.565. The molecule has 0 aromatic carbocycles. The van der Waals surface area contributed by atoms with Crippen LogP contribution in [-0.4, -0.2) is 18.6 Å². The van der Waals surface area contributed by atoms with Gasteiger partial charge in [-0.15, -0.1) is 11.3 Å². The van der Waals surface area contributed by atoms with Crippen LogP contribution in [0, 0.1) is 0 Å². The number of likely N-dealkylation sites (N-methyl/N-ethyl adjacent to an activating group) is 1. The van der Waals surface area contributed by atoms with Gasteiger partial charge in [0.1, 0.15) is 0 Å². The average molecular weight is 210 g/mol. The quantitative estimate of drug-likeness (QED) is 0.828. The van der Waals surface area contributed by atoms with E-state index >= 15 is 0 Å². The summed E-state index contributed by atoms with van der Waals surface area (Å²) in [6.07, 6.45) is 5.16. The van der Waals surface area contributed by atoms with Crippen molar-refractivity contribution in [2.45, 2.75) is 38.5 Å². The Kier molecular flexibility index (Phi) is 3.19. The van der Waals surface area contributed by atoms with Gasteiger partial charge in [0.2, 0.25) is 0 Å². The Morgan fingerprint density at radius 1 is 1.43 bits per heavy atom. The zero-order chi connectivity index (χ0) is 9.97. The fraction of sp³-hybridized carbons (Fsp3) is 0.727. The lowest BCUT2D eigenvalue weighted by Gasteiger charge is -2.06. The van der Waals surface area contributed by atoms with Crippen LogP contribution in [0.2, 0.25) is 0 Å². The van der Waals surface area contributed by atoms with Gasteiger partial charge in [-0.25, -0.2) is 4.98 Å².